The van der Waals surface area contributed by atoms with Gasteiger partial charge in [-0.2, -0.15) is 0 Å². The van der Waals surface area contributed by atoms with Crippen LogP contribution in [-0.2, 0) is 0 Å². The summed E-state index contributed by atoms with van der Waals surface area (Å²) in [6.45, 7) is 0. The van der Waals surface area contributed by atoms with Gasteiger partial charge in [0.15, 0.2) is 17.5 Å². The number of benzene rings is 9. The van der Waals surface area contributed by atoms with Crippen LogP contribution in [0.2, 0.25) is 0 Å². The largest absolute Gasteiger partial charge is 0.456 e. The van der Waals surface area contributed by atoms with E-state index in [1.165, 1.54) is 16.5 Å². The fourth-order valence-electron chi connectivity index (χ4n) is 9.33. The Bertz CT molecular complexity index is 3900. The second-order valence-electron chi connectivity index (χ2n) is 15.9. The first-order chi connectivity index (χ1) is 31.2. The predicted octanol–water partition coefficient (Wildman–Crippen LogP) is 15.1. The third kappa shape index (κ3) is 5.69. The van der Waals surface area contributed by atoms with Gasteiger partial charge in [0.1, 0.15) is 22.3 Å². The smallest absolute Gasteiger partial charge is 0.167 e. The third-order valence-electron chi connectivity index (χ3n) is 12.2. The van der Waals surface area contributed by atoms with Crippen molar-refractivity contribution in [2.75, 3.05) is 0 Å². The summed E-state index contributed by atoms with van der Waals surface area (Å²) in [7, 11) is 0. The summed E-state index contributed by atoms with van der Waals surface area (Å²) < 4.78 is 15.6. The molecule has 0 saturated carbocycles. The molecule has 13 rings (SSSR count). The molecule has 0 radical (unpaired) electrons. The number of furan rings is 2. The van der Waals surface area contributed by atoms with E-state index in [4.69, 9.17) is 23.8 Å². The number of rotatable bonds is 6. The molecule has 0 atom stereocenters. The molecular weight excluding hydrogens is 773 g/mol. The summed E-state index contributed by atoms with van der Waals surface area (Å²) in [5.74, 6) is 1.63. The predicted molar refractivity (Wildman–Crippen MR) is 256 cm³/mol. The number of aromatic nitrogens is 4. The molecule has 6 heteroatoms. The fraction of sp³-hybridized carbons (Fsp3) is 0. The van der Waals surface area contributed by atoms with Crippen LogP contribution in [0.1, 0.15) is 0 Å². The molecule has 0 aliphatic heterocycles. The van der Waals surface area contributed by atoms with Gasteiger partial charge in [0.2, 0.25) is 0 Å². The lowest BCUT2D eigenvalue weighted by Gasteiger charge is -2.12. The van der Waals surface area contributed by atoms with Gasteiger partial charge in [-0.25, -0.2) is 15.0 Å². The molecule has 6 nitrogen and oxygen atoms in total. The molecule has 0 saturated heterocycles. The summed E-state index contributed by atoms with van der Waals surface area (Å²) in [6, 6.07) is 71.7. The van der Waals surface area contributed by atoms with E-state index >= 15 is 0 Å². The van der Waals surface area contributed by atoms with Crippen molar-refractivity contribution in [3.63, 3.8) is 0 Å². The average molecular weight is 807 g/mol. The van der Waals surface area contributed by atoms with E-state index in [1.54, 1.807) is 0 Å². The van der Waals surface area contributed by atoms with E-state index in [0.29, 0.717) is 17.5 Å². The highest BCUT2D eigenvalue weighted by molar-refractivity contribution is 6.16. The van der Waals surface area contributed by atoms with Crippen LogP contribution in [0.15, 0.2) is 215 Å². The van der Waals surface area contributed by atoms with Crippen LogP contribution in [0.4, 0.5) is 0 Å². The molecule has 4 aromatic heterocycles. The van der Waals surface area contributed by atoms with E-state index in [0.717, 1.165) is 93.8 Å². The van der Waals surface area contributed by atoms with E-state index in [2.05, 4.69) is 138 Å². The molecule has 13 aromatic rings. The molecule has 0 unspecified atom stereocenters. The molecule has 0 fully saturated rings. The third-order valence-corrected chi connectivity index (χ3v) is 12.2. The topological polar surface area (TPSA) is 69.9 Å². The lowest BCUT2D eigenvalue weighted by atomic mass is 9.95. The van der Waals surface area contributed by atoms with Crippen molar-refractivity contribution in [2.24, 2.45) is 0 Å². The Morgan fingerprint density at radius 3 is 1.75 bits per heavy atom. The molecule has 0 aliphatic rings. The molecule has 0 aliphatic carbocycles. The van der Waals surface area contributed by atoms with Crippen molar-refractivity contribution in [1.82, 2.24) is 19.5 Å². The molecule has 0 N–H and O–H groups in total. The van der Waals surface area contributed by atoms with Crippen LogP contribution >= 0.6 is 0 Å². The zero-order chi connectivity index (χ0) is 41.4. The summed E-state index contributed by atoms with van der Waals surface area (Å²) in [6.07, 6.45) is 0. The minimum atomic E-state index is 0.528. The van der Waals surface area contributed by atoms with E-state index < -0.39 is 0 Å². The van der Waals surface area contributed by atoms with Gasteiger partial charge in [-0.3, -0.25) is 0 Å². The minimum absolute atomic E-state index is 0.528. The highest BCUT2D eigenvalue weighted by Crippen LogP contribution is 2.43. The summed E-state index contributed by atoms with van der Waals surface area (Å²) in [4.78, 5) is 15.5. The highest BCUT2D eigenvalue weighted by atomic mass is 16.3. The van der Waals surface area contributed by atoms with Crippen molar-refractivity contribution in [3.05, 3.63) is 206 Å². The van der Waals surface area contributed by atoms with Gasteiger partial charge in [-0.05, 0) is 82.9 Å². The summed E-state index contributed by atoms with van der Waals surface area (Å²) in [5, 5.41) is 6.48. The first-order valence-electron chi connectivity index (χ1n) is 21.1. The lowest BCUT2D eigenvalue weighted by Crippen LogP contribution is -2.00. The SMILES string of the molecule is c1ccc(-c2ccc3c4cc(-c5cc(-c6nc(-c7ccccc7)nc(-c7cccc8c7oc7ccccc78)n6)cc6oc7ccccc7c56)ccc4n(-c4ccccc4)c3c2)cc1. The first kappa shape index (κ1) is 35.2. The zero-order valence-electron chi connectivity index (χ0n) is 33.7. The van der Waals surface area contributed by atoms with Gasteiger partial charge in [0.25, 0.3) is 0 Å². The lowest BCUT2D eigenvalue weighted by molar-refractivity contribution is 0.668. The van der Waals surface area contributed by atoms with E-state index in [1.807, 2.05) is 72.8 Å². The van der Waals surface area contributed by atoms with Crippen LogP contribution in [-0.4, -0.2) is 19.5 Å². The zero-order valence-corrected chi connectivity index (χ0v) is 33.7. The van der Waals surface area contributed by atoms with E-state index in [9.17, 15) is 0 Å². The van der Waals surface area contributed by atoms with Gasteiger partial charge in [0.05, 0.1) is 16.6 Å². The molecule has 9 aromatic carbocycles. The summed E-state index contributed by atoms with van der Waals surface area (Å²) in [5.41, 5.74) is 13.5. The molecule has 294 valence electrons. The maximum absolute atomic E-state index is 6.68. The Labute approximate surface area is 361 Å². The molecule has 0 bridgehead atoms. The Kier molecular flexibility index (Phi) is 7.80. The second kappa shape index (κ2) is 14.0. The number of nitrogens with zero attached hydrogens (tertiary/aromatic N) is 4. The Balaban J connectivity index is 1.06. The molecule has 4 heterocycles. The van der Waals surface area contributed by atoms with Crippen molar-refractivity contribution < 1.29 is 8.83 Å². The quantitative estimate of drug-likeness (QED) is 0.167. The average Bonchev–Trinajstić information content (AvgIpc) is 4.03. The fourth-order valence-corrected chi connectivity index (χ4v) is 9.33. The van der Waals surface area contributed by atoms with Gasteiger partial charge in [0, 0.05) is 49.1 Å². The maximum Gasteiger partial charge on any atom is 0.167 e. The van der Waals surface area contributed by atoms with Crippen LogP contribution in [0.5, 0.6) is 0 Å². The highest BCUT2D eigenvalue weighted by Gasteiger charge is 2.22. The van der Waals surface area contributed by atoms with Crippen LogP contribution in [0.3, 0.4) is 0 Å². The number of fused-ring (bicyclic) bond motifs is 9. The number of hydrogen-bond donors (Lipinski definition) is 0. The van der Waals surface area contributed by atoms with Crippen molar-refractivity contribution in [2.45, 2.75) is 0 Å². The monoisotopic (exact) mass is 806 g/mol. The first-order valence-corrected chi connectivity index (χ1v) is 21.1. The van der Waals surface area contributed by atoms with Gasteiger partial charge in [-0.1, -0.05) is 146 Å². The van der Waals surface area contributed by atoms with Gasteiger partial charge < -0.3 is 13.4 Å². The van der Waals surface area contributed by atoms with Crippen molar-refractivity contribution in [1.29, 1.82) is 0 Å². The number of para-hydroxylation sites is 4. The number of hydrogen-bond acceptors (Lipinski definition) is 5. The normalized spacial score (nSPS) is 11.8. The van der Waals surface area contributed by atoms with E-state index in [-0.39, 0.29) is 0 Å². The van der Waals surface area contributed by atoms with Crippen LogP contribution in [0, 0.1) is 0 Å². The Morgan fingerprint density at radius 2 is 0.952 bits per heavy atom. The molecule has 0 spiro atoms. The Hall–Kier alpha value is -8.61. The standard InChI is InChI=1S/C57H34N4O2/c1-4-15-35(16-5-1)37-27-29-41-47-31-38(28-30-48(47)61(49(41)33-37)40-19-8-3-9-20-40)46-32-39(34-52-53(46)44-22-11-13-26-51(44)62-52)56-58-55(36-17-6-2-7-18-36)59-57(60-56)45-24-14-23-43-42-21-10-12-25-50(42)63-54(43)45/h1-34H. The maximum atomic E-state index is 6.68. The van der Waals surface area contributed by atoms with Crippen molar-refractivity contribution >= 4 is 65.7 Å². The molecule has 0 amide bonds. The Morgan fingerprint density at radius 1 is 0.317 bits per heavy atom. The van der Waals surface area contributed by atoms with Crippen molar-refractivity contribution in [3.8, 4) is 62.1 Å². The van der Waals surface area contributed by atoms with Gasteiger partial charge >= 0.3 is 0 Å². The molecular formula is C57H34N4O2. The summed E-state index contributed by atoms with van der Waals surface area (Å²) >= 11 is 0. The van der Waals surface area contributed by atoms with Crippen LogP contribution < -0.4 is 0 Å². The van der Waals surface area contributed by atoms with Gasteiger partial charge in [-0.15, -0.1) is 0 Å². The van der Waals surface area contributed by atoms with Crippen LogP contribution in [0.25, 0.3) is 128 Å². The second-order valence-corrected chi connectivity index (χ2v) is 15.9. The molecule has 63 heavy (non-hydrogen) atoms. The minimum Gasteiger partial charge on any atom is -0.456 e.